The van der Waals surface area contributed by atoms with E-state index in [-0.39, 0.29) is 38.9 Å². The highest BCUT2D eigenvalue weighted by atomic mass is 35.5. The maximum Gasteiger partial charge on any atom is 0.424 e. The number of nitrogens with two attached hydrogens (primary N) is 1. The van der Waals surface area contributed by atoms with E-state index < -0.39 is 71.8 Å². The Morgan fingerprint density at radius 2 is 1.85 bits per heavy atom. The number of pyridine rings is 2. The number of carbonyl (C=O) groups excluding carboxylic acids is 2. The van der Waals surface area contributed by atoms with Crippen LogP contribution >= 0.6 is 23.2 Å². The van der Waals surface area contributed by atoms with E-state index >= 15 is 0 Å². The number of carbonyl (C=O) groups is 2. The Morgan fingerprint density at radius 3 is 2.47 bits per heavy atom. The molecule has 9 nitrogen and oxygen atoms in total. The lowest BCUT2D eigenvalue weighted by atomic mass is 9.77. The Bertz CT molecular complexity index is 1930. The van der Waals surface area contributed by atoms with Crippen molar-refractivity contribution < 1.29 is 46.1 Å². The van der Waals surface area contributed by atoms with Crippen molar-refractivity contribution in [2.24, 2.45) is 5.73 Å². The van der Waals surface area contributed by atoms with Gasteiger partial charge in [0.05, 0.1) is 41.8 Å². The molecule has 0 spiro atoms. The molecular weight excluding hydrogens is 674 g/mol. The van der Waals surface area contributed by atoms with Crippen molar-refractivity contribution >= 4 is 45.9 Å². The molecule has 5 rings (SSSR count). The molecule has 2 amide bonds. The van der Waals surface area contributed by atoms with Gasteiger partial charge >= 0.3 is 6.18 Å². The molecule has 0 fully saturated rings. The zero-order valence-electron chi connectivity index (χ0n) is 24.6. The van der Waals surface area contributed by atoms with E-state index in [0.29, 0.717) is 16.6 Å². The van der Waals surface area contributed by atoms with Crippen LogP contribution in [0.15, 0.2) is 42.5 Å². The molecule has 16 heteroatoms. The summed E-state index contributed by atoms with van der Waals surface area (Å²) in [6.07, 6.45) is -6.05. The number of benzene rings is 2. The highest BCUT2D eigenvalue weighted by Gasteiger charge is 2.58. The highest BCUT2D eigenvalue weighted by molar-refractivity contribution is 6.32. The zero-order valence-corrected chi connectivity index (χ0v) is 26.1. The average molecular weight is 699 g/mol. The molecule has 0 unspecified atom stereocenters. The molecule has 2 aromatic carbocycles. The third kappa shape index (κ3) is 5.89. The molecule has 47 heavy (non-hydrogen) atoms. The summed E-state index contributed by atoms with van der Waals surface area (Å²) >= 11 is 12.1. The van der Waals surface area contributed by atoms with E-state index in [0.717, 1.165) is 24.3 Å². The van der Waals surface area contributed by atoms with Crippen molar-refractivity contribution in [3.05, 3.63) is 80.8 Å². The number of halogens is 7. The van der Waals surface area contributed by atoms with Crippen LogP contribution in [-0.4, -0.2) is 60.0 Å². The van der Waals surface area contributed by atoms with Crippen molar-refractivity contribution in [1.29, 1.82) is 0 Å². The Hall–Kier alpha value is -4.27. The second-order valence-corrected chi connectivity index (χ2v) is 11.7. The fourth-order valence-electron chi connectivity index (χ4n) is 5.31. The molecule has 1 aliphatic heterocycles. The summed E-state index contributed by atoms with van der Waals surface area (Å²) in [6.45, 7) is -1.46. The molecular formula is C31H25Cl2F5N4O5. The predicted molar refractivity (Wildman–Crippen MR) is 162 cm³/mol. The number of methoxy groups -OCH3 is 1. The lowest BCUT2D eigenvalue weighted by Crippen LogP contribution is -2.52. The first kappa shape index (κ1) is 34.1. The molecule has 0 radical (unpaired) electrons. The van der Waals surface area contributed by atoms with Gasteiger partial charge in [0.25, 0.3) is 5.91 Å². The summed E-state index contributed by atoms with van der Waals surface area (Å²) in [5.41, 5.74) is -1.31. The normalized spacial score (nSPS) is 17.1. The topological polar surface area (TPSA) is 137 Å². The first-order valence-corrected chi connectivity index (χ1v) is 14.5. The minimum atomic E-state index is -5.48. The van der Waals surface area contributed by atoms with Crippen molar-refractivity contribution in [3.8, 4) is 22.8 Å². The molecule has 2 atom stereocenters. The van der Waals surface area contributed by atoms with E-state index in [4.69, 9.17) is 38.4 Å². The minimum Gasteiger partial charge on any atom is -0.494 e. The van der Waals surface area contributed by atoms with Crippen LogP contribution in [0.3, 0.4) is 0 Å². The monoisotopic (exact) mass is 698 g/mol. The average Bonchev–Trinajstić information content (AvgIpc) is 3.40. The first-order valence-electron chi connectivity index (χ1n) is 13.8. The molecule has 4 N–H and O–H groups in total. The van der Waals surface area contributed by atoms with Crippen LogP contribution in [0, 0.1) is 12.7 Å². The summed E-state index contributed by atoms with van der Waals surface area (Å²) in [7, 11) is 1.31. The second-order valence-electron chi connectivity index (χ2n) is 10.9. The molecule has 4 aromatic rings. The Labute approximate surface area is 273 Å². The molecule has 1 aliphatic rings. The molecule has 0 aliphatic carbocycles. The number of rotatable bonds is 9. The van der Waals surface area contributed by atoms with Gasteiger partial charge < -0.3 is 25.6 Å². The maximum absolute atomic E-state index is 14.8. The summed E-state index contributed by atoms with van der Waals surface area (Å²) < 4.78 is 83.1. The van der Waals surface area contributed by atoms with Crippen LogP contribution < -0.4 is 20.5 Å². The number of fused-ring (bicyclic) bond motifs is 2. The fraction of sp³-hybridized carbons (Fsp3) is 0.290. The zero-order chi connectivity index (χ0) is 34.5. The molecule has 3 heterocycles. The van der Waals surface area contributed by atoms with Crippen LogP contribution in [0.2, 0.25) is 10.0 Å². The number of aliphatic hydroxyl groups is 1. The molecule has 2 aromatic heterocycles. The number of hydrogen-bond acceptors (Lipinski definition) is 7. The van der Waals surface area contributed by atoms with Crippen LogP contribution in [0.1, 0.15) is 33.7 Å². The van der Waals surface area contributed by atoms with Gasteiger partial charge in [0.1, 0.15) is 40.5 Å². The first-order chi connectivity index (χ1) is 22.1. The number of nitrogens with zero attached hydrogens (tertiary/aromatic N) is 2. The van der Waals surface area contributed by atoms with Gasteiger partial charge in [-0.15, -0.1) is 0 Å². The van der Waals surface area contributed by atoms with Crippen molar-refractivity contribution in [2.45, 2.75) is 30.5 Å². The van der Waals surface area contributed by atoms with Crippen molar-refractivity contribution in [3.63, 3.8) is 0 Å². The third-order valence-electron chi connectivity index (χ3n) is 8.03. The van der Waals surface area contributed by atoms with E-state index in [9.17, 15) is 36.6 Å². The van der Waals surface area contributed by atoms with Gasteiger partial charge in [0.2, 0.25) is 11.5 Å². The van der Waals surface area contributed by atoms with Gasteiger partial charge in [0, 0.05) is 22.1 Å². The summed E-state index contributed by atoms with van der Waals surface area (Å²) in [5, 5.41) is 13.6. The SMILES string of the molecule is COc1cc(C(=O)NC[C@](O)(c2cc3c(c(-c4ccc(F)c(Cl)c4)n2)OC[C@]3(CCF)C(N)=O)C(F)(F)F)cc2cc(Cl)c(C)nc12. The number of ether oxygens (including phenoxy) is 2. The summed E-state index contributed by atoms with van der Waals surface area (Å²) in [6, 6.07) is 7.95. The lowest BCUT2D eigenvalue weighted by molar-refractivity contribution is -0.265. The molecule has 248 valence electrons. The minimum absolute atomic E-state index is 0.0469. The summed E-state index contributed by atoms with van der Waals surface area (Å²) in [5.74, 6) is -3.09. The number of hydrogen-bond donors (Lipinski definition) is 3. The van der Waals surface area contributed by atoms with Crippen molar-refractivity contribution in [1.82, 2.24) is 15.3 Å². The smallest absolute Gasteiger partial charge is 0.424 e. The number of amides is 2. The maximum atomic E-state index is 14.8. The van der Waals surface area contributed by atoms with Gasteiger partial charge in [-0.2, -0.15) is 13.2 Å². The van der Waals surface area contributed by atoms with Crippen LogP contribution in [-0.2, 0) is 15.8 Å². The lowest BCUT2D eigenvalue weighted by Gasteiger charge is -2.32. The van der Waals surface area contributed by atoms with Gasteiger partial charge in [0.15, 0.2) is 0 Å². The van der Waals surface area contributed by atoms with Crippen LogP contribution in [0.25, 0.3) is 22.2 Å². The quantitative estimate of drug-likeness (QED) is 0.190. The van der Waals surface area contributed by atoms with Gasteiger partial charge in [-0.1, -0.05) is 23.2 Å². The summed E-state index contributed by atoms with van der Waals surface area (Å²) in [4.78, 5) is 34.3. The molecule has 0 bridgehead atoms. The van der Waals surface area contributed by atoms with Gasteiger partial charge in [-0.05, 0) is 55.8 Å². The Kier molecular flexibility index (Phi) is 8.99. The number of aryl methyl sites for hydroxylation is 1. The predicted octanol–water partition coefficient (Wildman–Crippen LogP) is 5.71. The number of aromatic nitrogens is 2. The van der Waals surface area contributed by atoms with Crippen LogP contribution in [0.4, 0.5) is 22.0 Å². The van der Waals surface area contributed by atoms with E-state index in [1.165, 1.54) is 25.3 Å². The Morgan fingerprint density at radius 1 is 1.13 bits per heavy atom. The Balaban J connectivity index is 1.63. The van der Waals surface area contributed by atoms with E-state index in [2.05, 4.69) is 15.3 Å². The molecule has 0 saturated heterocycles. The van der Waals surface area contributed by atoms with Crippen LogP contribution in [0.5, 0.6) is 11.5 Å². The highest BCUT2D eigenvalue weighted by Crippen LogP contribution is 2.49. The van der Waals surface area contributed by atoms with E-state index in [1.54, 1.807) is 6.92 Å². The number of alkyl halides is 4. The van der Waals surface area contributed by atoms with Gasteiger partial charge in [-0.25, -0.2) is 14.4 Å². The largest absolute Gasteiger partial charge is 0.494 e. The third-order valence-corrected chi connectivity index (χ3v) is 8.70. The standard InChI is InChI=1S/C31H25Cl2F5N4O5/c1-14-19(32)9-16-7-17(10-22(46-2)24(16)41-14)27(43)40-12-30(45,31(36,37)38)23-11-18-26(47-13-29(18,5-6-34)28(39)44)25(42-23)15-3-4-21(35)20(33)8-15/h3-4,7-11,45H,5-6,12-13H2,1-2H3,(H2,39,44)(H,40,43)/t29-,30-/m0/s1. The number of primary amides is 1. The fourth-order valence-corrected chi connectivity index (χ4v) is 5.65. The van der Waals surface area contributed by atoms with Crippen molar-refractivity contribution in [2.75, 3.05) is 26.9 Å². The molecule has 0 saturated carbocycles. The van der Waals surface area contributed by atoms with Gasteiger partial charge in [-0.3, -0.25) is 14.0 Å². The number of nitrogens with one attached hydrogen (secondary N) is 1. The van der Waals surface area contributed by atoms with E-state index in [1.807, 2.05) is 0 Å². The second kappa shape index (κ2) is 12.4.